The number of hydrogen-bond donors (Lipinski definition) is 0. The Balaban J connectivity index is 0.000000405. The van der Waals surface area contributed by atoms with E-state index < -0.39 is 8.32 Å². The standard InChI is InChI=1S/C10H17OSi.C5H5.Fe/c1-9(11-12(2,3)4)10-7-5-6-8-10;1-2-4-5-3-1;/h5-9H,1-4H3;1-5H;/q;;+2. The predicted molar refractivity (Wildman–Crippen MR) is 75.8 cm³/mol. The molecular formula is C15H22FeOSi+2. The zero-order chi connectivity index (χ0) is 12.7. The summed E-state index contributed by atoms with van der Waals surface area (Å²) in [5.41, 5.74) is 0. The van der Waals surface area contributed by atoms with E-state index >= 15 is 0 Å². The molecule has 0 saturated heterocycles. The summed E-state index contributed by atoms with van der Waals surface area (Å²) in [6, 6.07) is 0. The Bertz CT molecular complexity index is 186. The fourth-order valence-electron chi connectivity index (χ4n) is 1.58. The molecule has 0 amide bonds. The normalized spacial score (nSPS) is 22.0. The smallest absolute Gasteiger partial charge is 0.414 e. The minimum atomic E-state index is -1.38. The van der Waals surface area contributed by atoms with E-state index in [1.807, 2.05) is 32.1 Å². The molecule has 18 heavy (non-hydrogen) atoms. The average Bonchev–Trinajstić information content (AvgIpc) is 2.93. The van der Waals surface area contributed by atoms with E-state index in [0.717, 1.165) is 0 Å². The maximum atomic E-state index is 5.92. The van der Waals surface area contributed by atoms with Crippen molar-refractivity contribution >= 4 is 8.32 Å². The molecule has 2 aliphatic carbocycles. The van der Waals surface area contributed by atoms with Crippen LogP contribution in [0.25, 0.3) is 0 Å². The monoisotopic (exact) mass is 302 g/mol. The molecule has 1 unspecified atom stereocenters. The van der Waals surface area contributed by atoms with Crippen LogP contribution in [0.4, 0.5) is 0 Å². The molecule has 0 heterocycles. The number of rotatable bonds is 3. The Kier molecular flexibility index (Phi) is 9.95. The first-order chi connectivity index (χ1) is 7.99. The Labute approximate surface area is 126 Å². The molecule has 0 aliphatic heterocycles. The van der Waals surface area contributed by atoms with Crippen LogP contribution in [-0.4, -0.2) is 14.4 Å². The molecule has 2 rings (SSSR count). The quantitative estimate of drug-likeness (QED) is 0.723. The third-order valence-corrected chi connectivity index (χ3v) is 3.30. The molecule has 0 N–H and O–H groups in total. The van der Waals surface area contributed by atoms with Crippen LogP contribution in [0, 0.1) is 63.7 Å². The fraction of sp³-hybridized carbons (Fsp3) is 0.333. The molecule has 98 valence electrons. The van der Waals surface area contributed by atoms with Crippen molar-refractivity contribution in [2.45, 2.75) is 32.7 Å². The van der Waals surface area contributed by atoms with Gasteiger partial charge in [0.15, 0.2) is 8.32 Å². The molecule has 0 spiro atoms. The van der Waals surface area contributed by atoms with Crippen LogP contribution in [0.1, 0.15) is 6.92 Å². The first kappa shape index (κ1) is 18.7. The molecule has 1 atom stereocenters. The van der Waals surface area contributed by atoms with E-state index in [2.05, 4.69) is 52.2 Å². The summed E-state index contributed by atoms with van der Waals surface area (Å²) in [5, 5.41) is 0. The van der Waals surface area contributed by atoms with Crippen LogP contribution in [-0.2, 0) is 21.5 Å². The van der Waals surface area contributed by atoms with Gasteiger partial charge in [-0.2, -0.15) is 0 Å². The third kappa shape index (κ3) is 8.74. The summed E-state index contributed by atoms with van der Waals surface area (Å²) in [4.78, 5) is 0. The van der Waals surface area contributed by atoms with Crippen molar-refractivity contribution in [3.8, 4) is 0 Å². The largest absolute Gasteiger partial charge is 2.00 e. The molecule has 2 saturated carbocycles. The van der Waals surface area contributed by atoms with Gasteiger partial charge in [0.1, 0.15) is 0 Å². The van der Waals surface area contributed by atoms with Gasteiger partial charge in [-0.15, -0.1) is 0 Å². The fourth-order valence-corrected chi connectivity index (χ4v) is 2.78. The summed E-state index contributed by atoms with van der Waals surface area (Å²) < 4.78 is 5.92. The minimum absolute atomic E-state index is 0. The second-order valence-corrected chi connectivity index (χ2v) is 9.51. The second-order valence-electron chi connectivity index (χ2n) is 5.05. The van der Waals surface area contributed by atoms with E-state index in [4.69, 9.17) is 4.43 Å². The van der Waals surface area contributed by atoms with Gasteiger partial charge in [-0.3, -0.25) is 0 Å². The van der Waals surface area contributed by atoms with Crippen molar-refractivity contribution in [1.29, 1.82) is 0 Å². The van der Waals surface area contributed by atoms with E-state index in [1.165, 1.54) is 5.92 Å². The molecule has 10 radical (unpaired) electrons. The summed E-state index contributed by atoms with van der Waals surface area (Å²) in [6.45, 7) is 8.76. The van der Waals surface area contributed by atoms with Crippen LogP contribution >= 0.6 is 0 Å². The maximum Gasteiger partial charge on any atom is 2.00 e. The van der Waals surface area contributed by atoms with Crippen molar-refractivity contribution in [3.05, 3.63) is 63.7 Å². The second kappa shape index (κ2) is 9.58. The Morgan fingerprint density at radius 1 is 0.833 bits per heavy atom. The van der Waals surface area contributed by atoms with Gasteiger partial charge >= 0.3 is 17.1 Å². The molecular weight excluding hydrogens is 280 g/mol. The van der Waals surface area contributed by atoms with E-state index in [9.17, 15) is 0 Å². The molecule has 0 aromatic carbocycles. The third-order valence-electron chi connectivity index (χ3n) is 2.24. The molecule has 0 aromatic rings. The van der Waals surface area contributed by atoms with Gasteiger partial charge < -0.3 is 4.43 Å². The van der Waals surface area contributed by atoms with Gasteiger partial charge in [-0.05, 0) is 84.4 Å². The van der Waals surface area contributed by atoms with Gasteiger partial charge in [0.2, 0.25) is 0 Å². The van der Waals surface area contributed by atoms with Crippen molar-refractivity contribution in [1.82, 2.24) is 0 Å². The summed E-state index contributed by atoms with van der Waals surface area (Å²) in [6.07, 6.45) is 18.6. The summed E-state index contributed by atoms with van der Waals surface area (Å²) in [5.74, 6) is 1.29. The van der Waals surface area contributed by atoms with E-state index in [-0.39, 0.29) is 23.2 Å². The molecule has 1 nitrogen and oxygen atoms in total. The molecule has 3 heteroatoms. The van der Waals surface area contributed by atoms with Gasteiger partial charge in [-0.1, -0.05) is 0 Å². The Morgan fingerprint density at radius 2 is 1.22 bits per heavy atom. The topological polar surface area (TPSA) is 9.23 Å². The molecule has 0 bridgehead atoms. The zero-order valence-electron chi connectivity index (χ0n) is 11.5. The first-order valence-electron chi connectivity index (χ1n) is 6.05. The van der Waals surface area contributed by atoms with Crippen molar-refractivity contribution in [2.75, 3.05) is 0 Å². The summed E-state index contributed by atoms with van der Waals surface area (Å²) in [7, 11) is -1.38. The summed E-state index contributed by atoms with van der Waals surface area (Å²) >= 11 is 0. The predicted octanol–water partition coefficient (Wildman–Crippen LogP) is 3.65. The van der Waals surface area contributed by atoms with E-state index in [1.54, 1.807) is 0 Å². The van der Waals surface area contributed by atoms with Crippen LogP contribution in [0.5, 0.6) is 0 Å². The minimum Gasteiger partial charge on any atom is -0.414 e. The van der Waals surface area contributed by atoms with Crippen molar-refractivity contribution < 1.29 is 21.5 Å². The number of hydrogen-bond acceptors (Lipinski definition) is 1. The van der Waals surface area contributed by atoms with Gasteiger partial charge in [0.25, 0.3) is 0 Å². The first-order valence-corrected chi connectivity index (χ1v) is 9.46. The maximum absolute atomic E-state index is 5.92. The van der Waals surface area contributed by atoms with Crippen LogP contribution in [0.15, 0.2) is 0 Å². The average molecular weight is 302 g/mol. The Morgan fingerprint density at radius 3 is 1.56 bits per heavy atom. The van der Waals surface area contributed by atoms with Crippen LogP contribution in [0.2, 0.25) is 19.6 Å². The Hall–Kier alpha value is 0.696. The van der Waals surface area contributed by atoms with Crippen LogP contribution < -0.4 is 0 Å². The van der Waals surface area contributed by atoms with Crippen molar-refractivity contribution in [2.24, 2.45) is 0 Å². The van der Waals surface area contributed by atoms with Gasteiger partial charge in [0, 0.05) is 12.0 Å². The van der Waals surface area contributed by atoms with Crippen molar-refractivity contribution in [3.63, 3.8) is 0 Å². The zero-order valence-corrected chi connectivity index (χ0v) is 13.6. The molecule has 0 aromatic heterocycles. The SMILES string of the molecule is CC(O[Si](C)(C)C)[C]1[CH][CH][CH][CH]1.[CH]1[CH][CH][CH][CH]1.[Fe+2]. The van der Waals surface area contributed by atoms with Crippen LogP contribution in [0.3, 0.4) is 0 Å². The van der Waals surface area contributed by atoms with Gasteiger partial charge in [-0.25, -0.2) is 0 Å². The van der Waals surface area contributed by atoms with Gasteiger partial charge in [0.05, 0.1) is 0 Å². The molecule has 2 aliphatic rings. The molecule has 2 fully saturated rings. The van der Waals surface area contributed by atoms with E-state index in [0.29, 0.717) is 0 Å².